The number of hydrogen-bond donors (Lipinski definition) is 0. The molecule has 0 aliphatic rings. The second kappa shape index (κ2) is 6.45. The monoisotopic (exact) mass is 345 g/mol. The van der Waals surface area contributed by atoms with E-state index in [0.717, 1.165) is 3.57 Å². The van der Waals surface area contributed by atoms with Gasteiger partial charge in [-0.3, -0.25) is 4.79 Å². The highest BCUT2D eigenvalue weighted by molar-refractivity contribution is 14.1. The standard InChI is InChI=1S/C12H12INO3/c1-3-17-11(15)6-8-4-10(13)5-9(7-14)12(8)16-2/h4-5H,3,6H2,1-2H3. The smallest absolute Gasteiger partial charge is 0.310 e. The van der Waals surface area contributed by atoms with Crippen molar-refractivity contribution >= 4 is 28.6 Å². The van der Waals surface area contributed by atoms with Gasteiger partial charge in [-0.1, -0.05) is 0 Å². The molecule has 4 nitrogen and oxygen atoms in total. The van der Waals surface area contributed by atoms with Crippen LogP contribution in [0.5, 0.6) is 5.75 Å². The molecule has 0 heterocycles. The zero-order chi connectivity index (χ0) is 12.8. The van der Waals surface area contributed by atoms with Crippen LogP contribution in [0.2, 0.25) is 0 Å². The topological polar surface area (TPSA) is 59.3 Å². The van der Waals surface area contributed by atoms with E-state index in [0.29, 0.717) is 23.5 Å². The van der Waals surface area contributed by atoms with Gasteiger partial charge in [0.15, 0.2) is 0 Å². The van der Waals surface area contributed by atoms with Crippen LogP contribution in [0.25, 0.3) is 0 Å². The lowest BCUT2D eigenvalue weighted by atomic mass is 10.1. The van der Waals surface area contributed by atoms with Crippen molar-refractivity contribution in [3.8, 4) is 11.8 Å². The number of nitrogens with zero attached hydrogens (tertiary/aromatic N) is 1. The Hall–Kier alpha value is -1.29. The highest BCUT2D eigenvalue weighted by atomic mass is 127. The lowest BCUT2D eigenvalue weighted by Gasteiger charge is -2.10. The van der Waals surface area contributed by atoms with Crippen molar-refractivity contribution in [2.45, 2.75) is 13.3 Å². The largest absolute Gasteiger partial charge is 0.495 e. The fraction of sp³-hybridized carbons (Fsp3) is 0.333. The summed E-state index contributed by atoms with van der Waals surface area (Å²) in [5.74, 6) is 0.123. The molecule has 0 N–H and O–H groups in total. The van der Waals surface area contributed by atoms with Crippen LogP contribution in [-0.2, 0) is 16.0 Å². The first-order valence-corrected chi connectivity index (χ1v) is 6.12. The van der Waals surface area contributed by atoms with E-state index < -0.39 is 0 Å². The number of hydrogen-bond acceptors (Lipinski definition) is 4. The molecule has 1 aromatic carbocycles. The molecule has 1 aromatic rings. The van der Waals surface area contributed by atoms with E-state index in [2.05, 4.69) is 28.7 Å². The number of benzene rings is 1. The molecule has 0 aromatic heterocycles. The van der Waals surface area contributed by atoms with Gasteiger partial charge in [0.1, 0.15) is 11.8 Å². The second-order valence-corrected chi connectivity index (χ2v) is 4.48. The van der Waals surface area contributed by atoms with Crippen LogP contribution in [0.4, 0.5) is 0 Å². The van der Waals surface area contributed by atoms with Crippen LogP contribution in [0.1, 0.15) is 18.1 Å². The van der Waals surface area contributed by atoms with Crippen LogP contribution >= 0.6 is 22.6 Å². The molecule has 0 spiro atoms. The molecule has 90 valence electrons. The highest BCUT2D eigenvalue weighted by Crippen LogP contribution is 2.26. The summed E-state index contributed by atoms with van der Waals surface area (Å²) in [5.41, 5.74) is 1.10. The predicted molar refractivity (Wildman–Crippen MR) is 70.8 cm³/mol. The van der Waals surface area contributed by atoms with Crippen molar-refractivity contribution in [3.05, 3.63) is 26.8 Å². The maximum absolute atomic E-state index is 11.4. The molecule has 17 heavy (non-hydrogen) atoms. The van der Waals surface area contributed by atoms with Gasteiger partial charge < -0.3 is 9.47 Å². The Morgan fingerprint density at radius 3 is 2.76 bits per heavy atom. The fourth-order valence-corrected chi connectivity index (χ4v) is 2.16. The van der Waals surface area contributed by atoms with Crippen LogP contribution in [-0.4, -0.2) is 19.7 Å². The number of carbonyl (C=O) groups excluding carboxylic acids is 1. The summed E-state index contributed by atoms with van der Waals surface area (Å²) in [4.78, 5) is 11.4. The van der Waals surface area contributed by atoms with Crippen molar-refractivity contribution in [1.29, 1.82) is 5.26 Å². The molecule has 0 saturated carbocycles. The lowest BCUT2D eigenvalue weighted by Crippen LogP contribution is -2.09. The third-order valence-electron chi connectivity index (χ3n) is 2.10. The van der Waals surface area contributed by atoms with Gasteiger partial charge in [0.25, 0.3) is 0 Å². The SMILES string of the molecule is CCOC(=O)Cc1cc(I)cc(C#N)c1OC. The van der Waals surface area contributed by atoms with Crippen LogP contribution < -0.4 is 4.74 Å². The van der Waals surface area contributed by atoms with E-state index in [1.165, 1.54) is 7.11 Å². The molecule has 1 rings (SSSR count). The molecule has 0 saturated heterocycles. The van der Waals surface area contributed by atoms with E-state index in [1.807, 2.05) is 6.07 Å². The Morgan fingerprint density at radius 2 is 2.24 bits per heavy atom. The van der Waals surface area contributed by atoms with Gasteiger partial charge in [-0.2, -0.15) is 5.26 Å². The Labute approximate surface area is 114 Å². The number of nitriles is 1. The summed E-state index contributed by atoms with van der Waals surface area (Å²) >= 11 is 2.10. The molecule has 0 aliphatic heterocycles. The van der Waals surface area contributed by atoms with E-state index in [9.17, 15) is 4.79 Å². The summed E-state index contributed by atoms with van der Waals surface area (Å²) in [6, 6.07) is 5.58. The van der Waals surface area contributed by atoms with Crippen molar-refractivity contribution in [2.75, 3.05) is 13.7 Å². The van der Waals surface area contributed by atoms with Gasteiger partial charge in [0.2, 0.25) is 0 Å². The number of rotatable bonds is 4. The summed E-state index contributed by atoms with van der Waals surface area (Å²) < 4.78 is 10.9. The van der Waals surface area contributed by atoms with E-state index in [-0.39, 0.29) is 12.4 Å². The Bertz CT molecular complexity index is 466. The summed E-state index contributed by atoms with van der Waals surface area (Å²) in [6.07, 6.45) is 0.114. The number of methoxy groups -OCH3 is 1. The number of carbonyl (C=O) groups is 1. The minimum Gasteiger partial charge on any atom is -0.495 e. The highest BCUT2D eigenvalue weighted by Gasteiger charge is 2.14. The van der Waals surface area contributed by atoms with Crippen molar-refractivity contribution in [3.63, 3.8) is 0 Å². The van der Waals surface area contributed by atoms with E-state index >= 15 is 0 Å². The maximum Gasteiger partial charge on any atom is 0.310 e. The van der Waals surface area contributed by atoms with Crippen molar-refractivity contribution < 1.29 is 14.3 Å². The fourth-order valence-electron chi connectivity index (χ4n) is 1.47. The average Bonchev–Trinajstić information content (AvgIpc) is 2.28. The normalized spacial score (nSPS) is 9.53. The Morgan fingerprint density at radius 1 is 1.53 bits per heavy atom. The van der Waals surface area contributed by atoms with Gasteiger partial charge >= 0.3 is 5.97 Å². The Balaban J connectivity index is 3.10. The minimum absolute atomic E-state index is 0.114. The maximum atomic E-state index is 11.4. The zero-order valence-corrected chi connectivity index (χ0v) is 11.8. The third kappa shape index (κ3) is 3.60. The minimum atomic E-state index is -0.323. The number of halogens is 1. The van der Waals surface area contributed by atoms with E-state index in [4.69, 9.17) is 14.7 Å². The number of esters is 1. The Kier molecular flexibility index (Phi) is 5.22. The van der Waals surface area contributed by atoms with Gasteiger partial charge in [0, 0.05) is 9.13 Å². The first-order valence-electron chi connectivity index (χ1n) is 5.04. The molecular formula is C12H12INO3. The summed E-state index contributed by atoms with van der Waals surface area (Å²) in [5, 5.41) is 8.99. The summed E-state index contributed by atoms with van der Waals surface area (Å²) in [7, 11) is 1.48. The van der Waals surface area contributed by atoms with Gasteiger partial charge in [0.05, 0.1) is 25.7 Å². The molecule has 0 aliphatic carbocycles. The molecule has 5 heteroatoms. The predicted octanol–water partition coefficient (Wildman–Crippen LogP) is 2.28. The summed E-state index contributed by atoms with van der Waals surface area (Å²) in [6.45, 7) is 2.10. The van der Waals surface area contributed by atoms with Gasteiger partial charge in [-0.05, 0) is 41.6 Å². The third-order valence-corrected chi connectivity index (χ3v) is 2.72. The molecule has 0 fully saturated rings. The second-order valence-electron chi connectivity index (χ2n) is 3.24. The van der Waals surface area contributed by atoms with Gasteiger partial charge in [-0.15, -0.1) is 0 Å². The van der Waals surface area contributed by atoms with Crippen LogP contribution in [0.3, 0.4) is 0 Å². The van der Waals surface area contributed by atoms with Gasteiger partial charge in [-0.25, -0.2) is 0 Å². The molecule has 0 unspecified atom stereocenters. The number of ether oxygens (including phenoxy) is 2. The van der Waals surface area contributed by atoms with Crippen molar-refractivity contribution in [1.82, 2.24) is 0 Å². The van der Waals surface area contributed by atoms with Crippen molar-refractivity contribution in [2.24, 2.45) is 0 Å². The molecular weight excluding hydrogens is 333 g/mol. The van der Waals surface area contributed by atoms with E-state index in [1.54, 1.807) is 13.0 Å². The first kappa shape index (κ1) is 13.8. The zero-order valence-electron chi connectivity index (χ0n) is 9.62. The molecule has 0 bridgehead atoms. The molecule has 0 amide bonds. The quantitative estimate of drug-likeness (QED) is 0.621. The molecule has 0 radical (unpaired) electrons. The molecule has 0 atom stereocenters. The lowest BCUT2D eigenvalue weighted by molar-refractivity contribution is -0.142. The first-order chi connectivity index (χ1) is 8.12. The average molecular weight is 345 g/mol. The van der Waals surface area contributed by atoms with Crippen LogP contribution in [0.15, 0.2) is 12.1 Å². The van der Waals surface area contributed by atoms with Crippen LogP contribution in [0, 0.1) is 14.9 Å².